The Bertz CT molecular complexity index is 1100. The predicted octanol–water partition coefficient (Wildman–Crippen LogP) is 4.95. The van der Waals surface area contributed by atoms with Crippen LogP contribution in [-0.2, 0) is 0 Å². The summed E-state index contributed by atoms with van der Waals surface area (Å²) in [7, 11) is 0. The number of benzene rings is 3. The first-order chi connectivity index (χ1) is 12.3. The van der Waals surface area contributed by atoms with Crippen molar-refractivity contribution in [3.05, 3.63) is 101 Å². The van der Waals surface area contributed by atoms with Crippen molar-refractivity contribution in [3.8, 4) is 11.3 Å². The summed E-state index contributed by atoms with van der Waals surface area (Å²) < 4.78 is 0. The van der Waals surface area contributed by atoms with Crippen LogP contribution in [0.2, 0.25) is 0 Å². The number of nitrogens with one attached hydrogen (secondary N) is 1. The molecular weight excluding hydrogens is 308 g/mol. The third-order valence-corrected chi connectivity index (χ3v) is 4.11. The molecular formula is C22H16N2O. The van der Waals surface area contributed by atoms with Gasteiger partial charge in [0.15, 0.2) is 0 Å². The number of hydrogen-bond acceptors (Lipinski definition) is 2. The van der Waals surface area contributed by atoms with Gasteiger partial charge in [-0.05, 0) is 11.1 Å². The minimum absolute atomic E-state index is 0.190. The van der Waals surface area contributed by atoms with Crippen molar-refractivity contribution in [1.29, 1.82) is 0 Å². The molecule has 120 valence electrons. The van der Waals surface area contributed by atoms with Crippen molar-refractivity contribution in [1.82, 2.24) is 4.98 Å². The van der Waals surface area contributed by atoms with Crippen molar-refractivity contribution in [2.75, 3.05) is 0 Å². The van der Waals surface area contributed by atoms with E-state index >= 15 is 0 Å². The summed E-state index contributed by atoms with van der Waals surface area (Å²) in [5, 5.41) is 1.82. The summed E-state index contributed by atoms with van der Waals surface area (Å²) in [5.74, 6) is 0. The van der Waals surface area contributed by atoms with Crippen LogP contribution >= 0.6 is 0 Å². The second-order valence-corrected chi connectivity index (χ2v) is 5.76. The van der Waals surface area contributed by atoms with Gasteiger partial charge in [0, 0.05) is 17.0 Å². The van der Waals surface area contributed by atoms with Crippen LogP contribution in [0.1, 0.15) is 5.56 Å². The molecule has 0 bridgehead atoms. The SMILES string of the molecule is O=c1[nH]c(-c2ccccc2)c2ccccc2c1N=Cc1ccccc1. The Morgan fingerprint density at radius 2 is 1.32 bits per heavy atom. The zero-order valence-corrected chi connectivity index (χ0v) is 13.5. The van der Waals surface area contributed by atoms with Crippen molar-refractivity contribution >= 4 is 22.7 Å². The van der Waals surface area contributed by atoms with Gasteiger partial charge in [-0.15, -0.1) is 0 Å². The van der Waals surface area contributed by atoms with Crippen molar-refractivity contribution in [2.45, 2.75) is 0 Å². The largest absolute Gasteiger partial charge is 0.320 e. The fraction of sp³-hybridized carbons (Fsp3) is 0. The molecule has 0 aliphatic heterocycles. The number of pyridine rings is 1. The van der Waals surface area contributed by atoms with E-state index in [-0.39, 0.29) is 5.56 Å². The molecule has 0 radical (unpaired) electrons. The average Bonchev–Trinajstić information content (AvgIpc) is 2.68. The van der Waals surface area contributed by atoms with Crippen LogP contribution in [0.4, 0.5) is 5.69 Å². The highest BCUT2D eigenvalue weighted by molar-refractivity contribution is 6.01. The fourth-order valence-electron chi connectivity index (χ4n) is 2.91. The highest BCUT2D eigenvalue weighted by atomic mass is 16.1. The van der Waals surface area contributed by atoms with Gasteiger partial charge in [-0.1, -0.05) is 84.9 Å². The van der Waals surface area contributed by atoms with Gasteiger partial charge in [-0.2, -0.15) is 0 Å². The maximum absolute atomic E-state index is 12.7. The number of fused-ring (bicyclic) bond motifs is 1. The number of aliphatic imine (C=N–C) groups is 1. The van der Waals surface area contributed by atoms with Crippen molar-refractivity contribution < 1.29 is 0 Å². The fourth-order valence-corrected chi connectivity index (χ4v) is 2.91. The zero-order valence-electron chi connectivity index (χ0n) is 13.5. The lowest BCUT2D eigenvalue weighted by molar-refractivity contribution is 1.25. The highest BCUT2D eigenvalue weighted by Gasteiger charge is 2.11. The first kappa shape index (κ1) is 15.1. The molecule has 1 aromatic heterocycles. The van der Waals surface area contributed by atoms with Crippen molar-refractivity contribution in [3.63, 3.8) is 0 Å². The number of rotatable bonds is 3. The molecule has 25 heavy (non-hydrogen) atoms. The Labute approximate surface area is 145 Å². The molecule has 0 aliphatic rings. The number of aromatic amines is 1. The van der Waals surface area contributed by atoms with E-state index in [0.29, 0.717) is 5.69 Å². The van der Waals surface area contributed by atoms with Gasteiger partial charge in [0.25, 0.3) is 5.56 Å². The van der Waals surface area contributed by atoms with E-state index in [9.17, 15) is 4.79 Å². The summed E-state index contributed by atoms with van der Waals surface area (Å²) in [4.78, 5) is 20.2. The summed E-state index contributed by atoms with van der Waals surface area (Å²) in [5.41, 5.74) is 3.00. The maximum atomic E-state index is 12.7. The second-order valence-electron chi connectivity index (χ2n) is 5.76. The molecule has 4 aromatic rings. The van der Waals surface area contributed by atoms with Gasteiger partial charge in [0.1, 0.15) is 5.69 Å². The van der Waals surface area contributed by atoms with Gasteiger partial charge >= 0.3 is 0 Å². The van der Waals surface area contributed by atoms with E-state index in [0.717, 1.165) is 27.6 Å². The predicted molar refractivity (Wildman–Crippen MR) is 104 cm³/mol. The van der Waals surface area contributed by atoms with Crippen LogP contribution in [0.5, 0.6) is 0 Å². The van der Waals surface area contributed by atoms with Crippen LogP contribution in [0.15, 0.2) is 94.7 Å². The highest BCUT2D eigenvalue weighted by Crippen LogP contribution is 2.29. The van der Waals surface area contributed by atoms with Crippen LogP contribution in [0.25, 0.3) is 22.0 Å². The number of nitrogens with zero attached hydrogens (tertiary/aromatic N) is 1. The van der Waals surface area contributed by atoms with E-state index in [1.54, 1.807) is 6.21 Å². The molecule has 0 unspecified atom stereocenters. The van der Waals surface area contributed by atoms with E-state index in [2.05, 4.69) is 9.98 Å². The summed E-state index contributed by atoms with van der Waals surface area (Å²) in [6, 6.07) is 27.5. The molecule has 0 spiro atoms. The molecule has 3 heteroatoms. The van der Waals surface area contributed by atoms with E-state index in [4.69, 9.17) is 0 Å². The van der Waals surface area contributed by atoms with E-state index < -0.39 is 0 Å². The maximum Gasteiger partial charge on any atom is 0.274 e. The Hall–Kier alpha value is -3.46. The smallest absolute Gasteiger partial charge is 0.274 e. The van der Waals surface area contributed by atoms with Crippen LogP contribution < -0.4 is 5.56 Å². The number of H-pyrrole nitrogens is 1. The Kier molecular flexibility index (Phi) is 3.97. The van der Waals surface area contributed by atoms with E-state index in [1.807, 2.05) is 84.9 Å². The van der Waals surface area contributed by atoms with Crippen LogP contribution in [0.3, 0.4) is 0 Å². The van der Waals surface area contributed by atoms with E-state index in [1.165, 1.54) is 0 Å². The van der Waals surface area contributed by atoms with Gasteiger partial charge in [-0.3, -0.25) is 4.79 Å². The lowest BCUT2D eigenvalue weighted by Crippen LogP contribution is -2.07. The topological polar surface area (TPSA) is 45.2 Å². The summed E-state index contributed by atoms with van der Waals surface area (Å²) in [6.07, 6.45) is 1.72. The normalized spacial score (nSPS) is 11.2. The lowest BCUT2D eigenvalue weighted by Gasteiger charge is -2.08. The zero-order chi connectivity index (χ0) is 17.1. The van der Waals surface area contributed by atoms with Crippen LogP contribution in [-0.4, -0.2) is 11.2 Å². The lowest BCUT2D eigenvalue weighted by atomic mass is 10.0. The van der Waals surface area contributed by atoms with Gasteiger partial charge in [-0.25, -0.2) is 4.99 Å². The summed E-state index contributed by atoms with van der Waals surface area (Å²) in [6.45, 7) is 0. The second kappa shape index (κ2) is 6.57. The molecule has 0 fully saturated rings. The molecule has 0 saturated heterocycles. The quantitative estimate of drug-likeness (QED) is 0.533. The monoisotopic (exact) mass is 324 g/mol. The molecule has 1 N–H and O–H groups in total. The van der Waals surface area contributed by atoms with Gasteiger partial charge < -0.3 is 4.98 Å². The van der Waals surface area contributed by atoms with Gasteiger partial charge in [0.05, 0.1) is 5.69 Å². The molecule has 4 rings (SSSR count). The first-order valence-electron chi connectivity index (χ1n) is 8.12. The molecule has 0 saturated carbocycles. The molecule has 0 aliphatic carbocycles. The minimum Gasteiger partial charge on any atom is -0.320 e. The molecule has 1 heterocycles. The average molecular weight is 324 g/mol. The Balaban J connectivity index is 1.91. The third-order valence-electron chi connectivity index (χ3n) is 4.11. The molecule has 0 atom stereocenters. The standard InChI is InChI=1S/C22H16N2O/c25-22-21(23-15-16-9-3-1-4-10-16)19-14-8-7-13-18(19)20(24-22)17-11-5-2-6-12-17/h1-15H,(H,24,25). The van der Waals surface area contributed by atoms with Gasteiger partial charge in [0.2, 0.25) is 0 Å². The van der Waals surface area contributed by atoms with Crippen molar-refractivity contribution in [2.24, 2.45) is 4.99 Å². The molecule has 3 aromatic carbocycles. The summed E-state index contributed by atoms with van der Waals surface area (Å²) >= 11 is 0. The number of hydrogen-bond donors (Lipinski definition) is 1. The Morgan fingerprint density at radius 1 is 0.720 bits per heavy atom. The molecule has 3 nitrogen and oxygen atoms in total. The minimum atomic E-state index is -0.190. The van der Waals surface area contributed by atoms with Crippen LogP contribution in [0, 0.1) is 0 Å². The number of aromatic nitrogens is 1. The Morgan fingerprint density at radius 3 is 2.04 bits per heavy atom. The first-order valence-corrected chi connectivity index (χ1v) is 8.12. The third kappa shape index (κ3) is 3.00. The molecule has 0 amide bonds.